The fourth-order valence-corrected chi connectivity index (χ4v) is 1.66. The largest absolute Gasteiger partial charge is 0.333 e. The van der Waals surface area contributed by atoms with Crippen LogP contribution in [0.2, 0.25) is 0 Å². The van der Waals surface area contributed by atoms with Gasteiger partial charge in [-0.2, -0.15) is 0 Å². The van der Waals surface area contributed by atoms with Crippen molar-refractivity contribution in [3.8, 4) is 0 Å². The Bertz CT molecular complexity index is 551. The number of hydrogen-bond acceptors (Lipinski definition) is 6. The first kappa shape index (κ1) is 8.84. The number of nitrogens with zero attached hydrogens (tertiary/aromatic N) is 4. The second-order valence-corrected chi connectivity index (χ2v) is 3.38. The summed E-state index contributed by atoms with van der Waals surface area (Å²) in [6.45, 7) is 0. The Balaban J connectivity index is 2.22. The predicted molar refractivity (Wildman–Crippen MR) is 51.8 cm³/mol. The van der Waals surface area contributed by atoms with Crippen molar-refractivity contribution < 1.29 is 9.59 Å². The third kappa shape index (κ3) is 0.914. The van der Waals surface area contributed by atoms with Gasteiger partial charge in [0.05, 0.1) is 5.69 Å². The van der Waals surface area contributed by atoms with E-state index in [4.69, 9.17) is 0 Å². The number of carbonyl (C=O) groups excluding carboxylic acids is 2. The minimum atomic E-state index is -1.84. The van der Waals surface area contributed by atoms with Crippen LogP contribution in [0.5, 0.6) is 0 Å². The number of amides is 1. The fourth-order valence-electron chi connectivity index (χ4n) is 1.66. The van der Waals surface area contributed by atoms with Gasteiger partial charge >= 0.3 is 5.66 Å². The molecule has 0 aliphatic carbocycles. The number of anilines is 1. The van der Waals surface area contributed by atoms with Gasteiger partial charge in [0, 0.05) is 5.56 Å². The molecular formula is C9H5N5O2. The van der Waals surface area contributed by atoms with Gasteiger partial charge in [-0.25, -0.2) is 0 Å². The maximum Gasteiger partial charge on any atom is 0.333 e. The van der Waals surface area contributed by atoms with Crippen LogP contribution in [-0.4, -0.2) is 17.4 Å². The van der Waals surface area contributed by atoms with E-state index in [1.807, 2.05) is 0 Å². The minimum absolute atomic E-state index is 0.363. The van der Waals surface area contributed by atoms with Crippen LogP contribution in [-0.2, 0) is 4.79 Å². The van der Waals surface area contributed by atoms with Gasteiger partial charge in [0.2, 0.25) is 5.78 Å². The summed E-state index contributed by atoms with van der Waals surface area (Å²) in [4.78, 5) is 23.8. The van der Waals surface area contributed by atoms with Gasteiger partial charge in [-0.3, -0.25) is 9.59 Å². The third-order valence-corrected chi connectivity index (χ3v) is 2.47. The Kier molecular flexibility index (Phi) is 1.54. The number of benzene rings is 1. The van der Waals surface area contributed by atoms with E-state index in [0.29, 0.717) is 11.3 Å². The molecule has 0 unspecified atom stereocenters. The molecule has 0 radical (unpaired) electrons. The molecule has 1 aromatic rings. The normalized spacial score (nSPS) is 20.0. The highest BCUT2D eigenvalue weighted by molar-refractivity contribution is 6.27. The number of fused-ring (bicyclic) bond motifs is 1. The summed E-state index contributed by atoms with van der Waals surface area (Å²) in [5.41, 5.74) is -1.02. The second-order valence-electron chi connectivity index (χ2n) is 3.38. The molecule has 0 bridgehead atoms. The zero-order chi connectivity index (χ0) is 11.2. The van der Waals surface area contributed by atoms with E-state index in [9.17, 15) is 9.59 Å². The fraction of sp³-hybridized carbons (Fsp3) is 0.111. The number of rotatable bonds is 0. The molecule has 1 spiro atoms. The van der Waals surface area contributed by atoms with Gasteiger partial charge in [0.1, 0.15) is 0 Å². The van der Waals surface area contributed by atoms with Crippen LogP contribution >= 0.6 is 0 Å². The first-order valence-electron chi connectivity index (χ1n) is 4.53. The van der Waals surface area contributed by atoms with Gasteiger partial charge < -0.3 is 5.32 Å². The highest BCUT2D eigenvalue weighted by Crippen LogP contribution is 2.33. The summed E-state index contributed by atoms with van der Waals surface area (Å²) in [5, 5.41) is 16.1. The zero-order valence-electron chi connectivity index (χ0n) is 7.91. The van der Waals surface area contributed by atoms with Gasteiger partial charge in [0.25, 0.3) is 5.91 Å². The van der Waals surface area contributed by atoms with Crippen LogP contribution in [0.3, 0.4) is 0 Å². The van der Waals surface area contributed by atoms with E-state index in [-0.39, 0.29) is 0 Å². The van der Waals surface area contributed by atoms with Crippen molar-refractivity contribution in [2.45, 2.75) is 5.66 Å². The highest BCUT2D eigenvalue weighted by atomic mass is 16.2. The molecule has 1 amide bonds. The van der Waals surface area contributed by atoms with Crippen LogP contribution in [0.1, 0.15) is 10.4 Å². The van der Waals surface area contributed by atoms with Crippen LogP contribution in [0.25, 0.3) is 0 Å². The SMILES string of the molecule is O=C1Nc2ccccc2C(=O)C12N=NN=N2. The van der Waals surface area contributed by atoms with E-state index < -0.39 is 17.4 Å². The van der Waals surface area contributed by atoms with Crippen molar-refractivity contribution >= 4 is 17.4 Å². The van der Waals surface area contributed by atoms with Crippen molar-refractivity contribution in [1.29, 1.82) is 0 Å². The van der Waals surface area contributed by atoms with E-state index in [1.165, 1.54) is 0 Å². The number of nitrogens with one attached hydrogen (secondary N) is 1. The van der Waals surface area contributed by atoms with Crippen molar-refractivity contribution in [3.63, 3.8) is 0 Å². The lowest BCUT2D eigenvalue weighted by Crippen LogP contribution is -2.49. The molecule has 78 valence electrons. The molecule has 0 saturated heterocycles. The van der Waals surface area contributed by atoms with Crippen molar-refractivity contribution in [1.82, 2.24) is 0 Å². The Hall–Kier alpha value is -2.44. The number of ketones is 1. The van der Waals surface area contributed by atoms with Gasteiger partial charge in [-0.1, -0.05) is 12.1 Å². The Morgan fingerprint density at radius 3 is 2.50 bits per heavy atom. The summed E-state index contributed by atoms with van der Waals surface area (Å²) >= 11 is 0. The Labute approximate surface area is 89.3 Å². The summed E-state index contributed by atoms with van der Waals surface area (Å²) in [7, 11) is 0. The zero-order valence-corrected chi connectivity index (χ0v) is 7.91. The van der Waals surface area contributed by atoms with Crippen LogP contribution < -0.4 is 5.32 Å². The standard InChI is InChI=1S/C9H5N5O2/c15-7-5-3-1-2-4-6(5)10-8(16)9(7)11-13-14-12-9/h1-4H,(H,10,16). The quantitative estimate of drug-likeness (QED) is 0.661. The second kappa shape index (κ2) is 2.78. The lowest BCUT2D eigenvalue weighted by Gasteiger charge is -2.24. The molecular weight excluding hydrogens is 210 g/mol. The maximum atomic E-state index is 12.1. The summed E-state index contributed by atoms with van der Waals surface area (Å²) in [6.07, 6.45) is 0. The molecule has 2 aliphatic rings. The van der Waals surface area contributed by atoms with E-state index in [1.54, 1.807) is 24.3 Å². The molecule has 0 atom stereocenters. The van der Waals surface area contributed by atoms with E-state index >= 15 is 0 Å². The van der Waals surface area contributed by atoms with Gasteiger partial charge in [-0.15, -0.1) is 10.2 Å². The van der Waals surface area contributed by atoms with E-state index in [0.717, 1.165) is 0 Å². The number of Topliss-reactive ketones (excluding diaryl/α,β-unsaturated/α-hetero) is 1. The molecule has 2 aliphatic heterocycles. The molecule has 1 N–H and O–H groups in total. The molecule has 16 heavy (non-hydrogen) atoms. The average molecular weight is 215 g/mol. The highest BCUT2D eigenvalue weighted by Gasteiger charge is 2.53. The van der Waals surface area contributed by atoms with Crippen molar-refractivity contribution in [2.24, 2.45) is 20.7 Å². The summed E-state index contributed by atoms with van der Waals surface area (Å²) < 4.78 is 0. The first-order chi connectivity index (χ1) is 7.74. The topological polar surface area (TPSA) is 95.6 Å². The summed E-state index contributed by atoms with van der Waals surface area (Å²) in [5.74, 6) is -1.13. The van der Waals surface area contributed by atoms with Crippen LogP contribution in [0, 0.1) is 0 Å². The van der Waals surface area contributed by atoms with Crippen molar-refractivity contribution in [2.75, 3.05) is 5.32 Å². The third-order valence-electron chi connectivity index (χ3n) is 2.47. The Morgan fingerprint density at radius 1 is 1.06 bits per heavy atom. The number of hydrogen-bond donors (Lipinski definition) is 1. The molecule has 1 aromatic carbocycles. The smallest absolute Gasteiger partial charge is 0.321 e. The minimum Gasteiger partial charge on any atom is -0.321 e. The first-order valence-corrected chi connectivity index (χ1v) is 4.53. The number of carbonyl (C=O) groups is 2. The maximum absolute atomic E-state index is 12.1. The van der Waals surface area contributed by atoms with E-state index in [2.05, 4.69) is 26.0 Å². The monoisotopic (exact) mass is 215 g/mol. The number of para-hydroxylation sites is 1. The van der Waals surface area contributed by atoms with Crippen LogP contribution in [0.15, 0.2) is 44.9 Å². The van der Waals surface area contributed by atoms with Gasteiger partial charge in [-0.05, 0) is 22.6 Å². The molecule has 0 aromatic heterocycles. The van der Waals surface area contributed by atoms with Crippen molar-refractivity contribution in [3.05, 3.63) is 29.8 Å². The molecule has 7 heteroatoms. The lowest BCUT2D eigenvalue weighted by molar-refractivity contribution is -0.119. The predicted octanol–water partition coefficient (Wildman–Crippen LogP) is 1.35. The van der Waals surface area contributed by atoms with Gasteiger partial charge in [0.15, 0.2) is 0 Å². The molecule has 0 saturated carbocycles. The van der Waals surface area contributed by atoms with Crippen LogP contribution in [0.4, 0.5) is 5.69 Å². The molecule has 7 nitrogen and oxygen atoms in total. The lowest BCUT2D eigenvalue weighted by atomic mass is 9.93. The molecule has 3 rings (SSSR count). The summed E-state index contributed by atoms with van der Waals surface area (Å²) in [6, 6.07) is 6.66. The Morgan fingerprint density at radius 2 is 1.75 bits per heavy atom. The molecule has 0 fully saturated rings. The average Bonchev–Trinajstić information content (AvgIpc) is 2.77. The molecule has 2 heterocycles.